The second kappa shape index (κ2) is 8.38. The lowest BCUT2D eigenvalue weighted by atomic mass is 10.0. The third-order valence-electron chi connectivity index (χ3n) is 3.13. The Kier molecular flexibility index (Phi) is 6.84. The van der Waals surface area contributed by atoms with Gasteiger partial charge in [0.25, 0.3) is 11.6 Å². The molecule has 0 bridgehead atoms. The molecule has 0 fully saturated rings. The number of nitrogens with zero attached hydrogens (tertiary/aromatic N) is 1. The van der Waals surface area contributed by atoms with Gasteiger partial charge in [-0.05, 0) is 24.8 Å². The minimum Gasteiger partial charge on any atom is -0.481 e. The molecule has 1 atom stereocenters. The van der Waals surface area contributed by atoms with Crippen LogP contribution in [0.2, 0.25) is 0 Å². The monoisotopic (exact) mass is 326 g/mol. The van der Waals surface area contributed by atoms with Crippen LogP contribution in [0.15, 0.2) is 23.1 Å². The molecule has 1 amide bonds. The molecule has 0 aliphatic rings. The minimum atomic E-state index is -0.967. The molecule has 1 rings (SSSR count). The zero-order valence-electron chi connectivity index (χ0n) is 12.4. The summed E-state index contributed by atoms with van der Waals surface area (Å²) in [6.45, 7) is 1.86. The number of nitrogens with one attached hydrogen (secondary N) is 1. The molecule has 1 aromatic rings. The molecule has 0 heterocycles. The van der Waals surface area contributed by atoms with Crippen molar-refractivity contribution in [2.45, 2.75) is 24.7 Å². The number of carboxylic acid groups (broad SMARTS) is 1. The number of aliphatic carboxylic acids is 1. The molecule has 120 valence electrons. The fourth-order valence-corrected chi connectivity index (χ4v) is 2.50. The van der Waals surface area contributed by atoms with Crippen LogP contribution in [0.5, 0.6) is 0 Å². The molecule has 0 aromatic heterocycles. The van der Waals surface area contributed by atoms with Crippen molar-refractivity contribution >= 4 is 29.3 Å². The summed E-state index contributed by atoms with van der Waals surface area (Å²) >= 11 is 1.22. The molecule has 0 saturated carbocycles. The second-order valence-corrected chi connectivity index (χ2v) is 5.53. The van der Waals surface area contributed by atoms with Crippen molar-refractivity contribution in [3.8, 4) is 0 Å². The van der Waals surface area contributed by atoms with Crippen molar-refractivity contribution in [3.05, 3.63) is 33.9 Å². The Bertz CT molecular complexity index is 576. The third kappa shape index (κ3) is 4.73. The number of carboxylic acids is 1. The molecule has 0 radical (unpaired) electrons. The van der Waals surface area contributed by atoms with Gasteiger partial charge in [0.05, 0.1) is 15.7 Å². The molecule has 0 aliphatic carbocycles. The van der Waals surface area contributed by atoms with E-state index in [1.165, 1.54) is 30.0 Å². The second-order valence-electron chi connectivity index (χ2n) is 4.68. The van der Waals surface area contributed by atoms with Gasteiger partial charge in [0.1, 0.15) is 0 Å². The highest BCUT2D eigenvalue weighted by Crippen LogP contribution is 2.28. The topological polar surface area (TPSA) is 110 Å². The summed E-state index contributed by atoms with van der Waals surface area (Å²) < 4.78 is 0. The van der Waals surface area contributed by atoms with Crippen molar-refractivity contribution in [3.63, 3.8) is 0 Å². The predicted molar refractivity (Wildman–Crippen MR) is 83.2 cm³/mol. The van der Waals surface area contributed by atoms with Crippen LogP contribution in [0, 0.1) is 16.0 Å². The maximum atomic E-state index is 12.0. The van der Waals surface area contributed by atoms with Crippen molar-refractivity contribution in [2.24, 2.45) is 5.92 Å². The summed E-state index contributed by atoms with van der Waals surface area (Å²) in [5.74, 6) is -2.14. The normalized spacial score (nSPS) is 11.7. The highest BCUT2D eigenvalue weighted by atomic mass is 32.2. The molecule has 22 heavy (non-hydrogen) atoms. The smallest absolute Gasteiger partial charge is 0.308 e. The zero-order chi connectivity index (χ0) is 16.7. The summed E-state index contributed by atoms with van der Waals surface area (Å²) in [4.78, 5) is 33.9. The summed E-state index contributed by atoms with van der Waals surface area (Å²) in [6.07, 6.45) is 2.87. The van der Waals surface area contributed by atoms with Gasteiger partial charge in [-0.1, -0.05) is 13.3 Å². The summed E-state index contributed by atoms with van der Waals surface area (Å²) in [7, 11) is 0. The van der Waals surface area contributed by atoms with E-state index in [0.717, 1.165) is 0 Å². The van der Waals surface area contributed by atoms with Gasteiger partial charge in [0.2, 0.25) is 0 Å². The lowest BCUT2D eigenvalue weighted by molar-refractivity contribution is -0.387. The largest absolute Gasteiger partial charge is 0.481 e. The van der Waals surface area contributed by atoms with E-state index in [-0.39, 0.29) is 17.8 Å². The van der Waals surface area contributed by atoms with Crippen molar-refractivity contribution < 1.29 is 19.6 Å². The number of carbonyl (C=O) groups excluding carboxylic acids is 1. The number of benzene rings is 1. The molecule has 1 aromatic carbocycles. The highest BCUT2D eigenvalue weighted by molar-refractivity contribution is 7.98. The van der Waals surface area contributed by atoms with Crippen LogP contribution in [0.4, 0.5) is 5.69 Å². The van der Waals surface area contributed by atoms with Gasteiger partial charge in [-0.15, -0.1) is 11.8 Å². The number of thioether (sulfide) groups is 1. The SMILES string of the molecule is CCCC(CNC(=O)c1ccc(SC)c([N+](=O)[O-])c1)C(=O)O. The number of hydrogen-bond acceptors (Lipinski definition) is 5. The van der Waals surface area contributed by atoms with Gasteiger partial charge in [0.15, 0.2) is 0 Å². The Labute approximate surface area is 132 Å². The fraction of sp³-hybridized carbons (Fsp3) is 0.429. The van der Waals surface area contributed by atoms with E-state index in [4.69, 9.17) is 5.11 Å². The average Bonchev–Trinajstić information content (AvgIpc) is 2.49. The van der Waals surface area contributed by atoms with Gasteiger partial charge in [0, 0.05) is 18.2 Å². The van der Waals surface area contributed by atoms with Gasteiger partial charge in [-0.2, -0.15) is 0 Å². The molecule has 0 saturated heterocycles. The number of hydrogen-bond donors (Lipinski definition) is 2. The van der Waals surface area contributed by atoms with Crippen LogP contribution < -0.4 is 5.32 Å². The summed E-state index contributed by atoms with van der Waals surface area (Å²) in [5, 5.41) is 22.5. The van der Waals surface area contributed by atoms with Crippen LogP contribution in [-0.2, 0) is 4.79 Å². The van der Waals surface area contributed by atoms with Gasteiger partial charge < -0.3 is 10.4 Å². The van der Waals surface area contributed by atoms with E-state index in [1.807, 2.05) is 6.92 Å². The highest BCUT2D eigenvalue weighted by Gasteiger charge is 2.20. The summed E-state index contributed by atoms with van der Waals surface area (Å²) in [5.41, 5.74) is 0.00799. The van der Waals surface area contributed by atoms with Crippen LogP contribution >= 0.6 is 11.8 Å². The molecular formula is C14H18N2O5S. The van der Waals surface area contributed by atoms with Crippen molar-refractivity contribution in [2.75, 3.05) is 12.8 Å². The zero-order valence-corrected chi connectivity index (χ0v) is 13.2. The Hall–Kier alpha value is -2.09. The maximum absolute atomic E-state index is 12.0. The van der Waals surface area contributed by atoms with E-state index in [0.29, 0.717) is 17.7 Å². The molecule has 8 heteroatoms. The Morgan fingerprint density at radius 1 is 1.45 bits per heavy atom. The first kappa shape index (κ1) is 18.0. The molecule has 2 N–H and O–H groups in total. The van der Waals surface area contributed by atoms with Crippen molar-refractivity contribution in [1.29, 1.82) is 0 Å². The lowest BCUT2D eigenvalue weighted by Crippen LogP contribution is -2.32. The Morgan fingerprint density at radius 2 is 2.14 bits per heavy atom. The molecule has 0 aliphatic heterocycles. The Morgan fingerprint density at radius 3 is 2.64 bits per heavy atom. The van der Waals surface area contributed by atoms with Crippen LogP contribution in [0.3, 0.4) is 0 Å². The lowest BCUT2D eigenvalue weighted by Gasteiger charge is -2.12. The van der Waals surface area contributed by atoms with E-state index >= 15 is 0 Å². The number of rotatable bonds is 8. The minimum absolute atomic E-state index is 0.0000828. The standard InChI is InChI=1S/C14H18N2O5S/c1-3-4-10(14(18)19)8-15-13(17)9-5-6-12(22-2)11(7-9)16(20)21/h5-7,10H,3-4,8H2,1-2H3,(H,15,17)(H,18,19). The summed E-state index contributed by atoms with van der Waals surface area (Å²) in [6, 6.07) is 4.21. The Balaban J connectivity index is 2.83. The predicted octanol–water partition coefficient (Wildman–Crippen LogP) is 2.55. The maximum Gasteiger partial charge on any atom is 0.308 e. The van der Waals surface area contributed by atoms with Gasteiger partial charge in [-0.3, -0.25) is 19.7 Å². The quantitative estimate of drug-likeness (QED) is 0.431. The first-order valence-corrected chi connectivity index (χ1v) is 7.96. The van der Waals surface area contributed by atoms with E-state index in [9.17, 15) is 19.7 Å². The first-order valence-electron chi connectivity index (χ1n) is 6.74. The molecule has 0 spiro atoms. The van der Waals surface area contributed by atoms with E-state index in [1.54, 1.807) is 6.26 Å². The third-order valence-corrected chi connectivity index (χ3v) is 3.92. The molecular weight excluding hydrogens is 308 g/mol. The number of carbonyl (C=O) groups is 2. The van der Waals surface area contributed by atoms with E-state index in [2.05, 4.69) is 5.32 Å². The average molecular weight is 326 g/mol. The molecule has 1 unspecified atom stereocenters. The van der Waals surface area contributed by atoms with Gasteiger partial charge in [-0.25, -0.2) is 0 Å². The van der Waals surface area contributed by atoms with Crippen LogP contribution in [0.1, 0.15) is 30.1 Å². The number of amides is 1. The van der Waals surface area contributed by atoms with Crippen molar-refractivity contribution in [1.82, 2.24) is 5.32 Å². The van der Waals surface area contributed by atoms with Crippen LogP contribution in [-0.4, -0.2) is 34.7 Å². The number of nitro groups is 1. The molecule has 7 nitrogen and oxygen atoms in total. The van der Waals surface area contributed by atoms with Gasteiger partial charge >= 0.3 is 5.97 Å². The van der Waals surface area contributed by atoms with E-state index < -0.39 is 22.7 Å². The first-order chi connectivity index (χ1) is 10.4. The number of nitro benzene ring substituents is 1. The fourth-order valence-electron chi connectivity index (χ4n) is 1.95. The van der Waals surface area contributed by atoms with Crippen LogP contribution in [0.25, 0.3) is 0 Å².